The molecule has 0 saturated carbocycles. The maximum absolute atomic E-state index is 14.3. The van der Waals surface area contributed by atoms with Crippen molar-refractivity contribution in [3.05, 3.63) is 42.0 Å². The van der Waals surface area contributed by atoms with Crippen LogP contribution in [0, 0.1) is 17.5 Å². The Kier molecular flexibility index (Phi) is 5.11. The summed E-state index contributed by atoms with van der Waals surface area (Å²) in [6.45, 7) is 0.108. The number of piperidine rings is 1. The fourth-order valence-electron chi connectivity index (χ4n) is 3.33. The third-order valence-corrected chi connectivity index (χ3v) is 6.12. The minimum Gasteiger partial charge on any atom is -0.390 e. The second-order valence-electron chi connectivity index (χ2n) is 6.97. The molecule has 0 amide bonds. The van der Waals surface area contributed by atoms with Crippen LogP contribution in [0.4, 0.5) is 19.1 Å². The summed E-state index contributed by atoms with van der Waals surface area (Å²) >= 11 is 0. The van der Waals surface area contributed by atoms with Gasteiger partial charge >= 0.3 is 0 Å². The Morgan fingerprint density at radius 1 is 1.17 bits per heavy atom. The van der Waals surface area contributed by atoms with Gasteiger partial charge in [0.25, 0.3) is 0 Å². The predicted molar refractivity (Wildman–Crippen MR) is 101 cm³/mol. The van der Waals surface area contributed by atoms with Crippen LogP contribution in [0.3, 0.4) is 0 Å². The number of nitrogens with zero attached hydrogens (tertiary/aromatic N) is 5. The fourth-order valence-corrected chi connectivity index (χ4v) is 4.19. The molecule has 9 nitrogen and oxygen atoms in total. The van der Waals surface area contributed by atoms with E-state index in [9.17, 15) is 26.7 Å². The molecule has 30 heavy (non-hydrogen) atoms. The standard InChI is InChI=1S/C17H17F3N6O3S/c1-30(28,29)25-3-2-12(15(27)8-25)23-17-22-7-14-10(19)5-13(26(14)24-17)16-11(20)4-9(18)6-21-16/h4-7,12,15,27H,2-3,8H2,1H3,(H,23,24)/t12-,15-/m1/s1. The molecular weight excluding hydrogens is 425 g/mol. The Bertz CT molecular complexity index is 1220. The smallest absolute Gasteiger partial charge is 0.241 e. The second kappa shape index (κ2) is 7.49. The van der Waals surface area contributed by atoms with Gasteiger partial charge in [0.2, 0.25) is 16.0 Å². The summed E-state index contributed by atoms with van der Waals surface area (Å²) in [5.41, 5.74) is -0.382. The average molecular weight is 442 g/mol. The molecule has 1 aliphatic heterocycles. The molecule has 4 heterocycles. The summed E-state index contributed by atoms with van der Waals surface area (Å²) in [6.07, 6.45) is 2.31. The van der Waals surface area contributed by atoms with Crippen LogP contribution in [0.2, 0.25) is 0 Å². The van der Waals surface area contributed by atoms with Crippen molar-refractivity contribution in [2.45, 2.75) is 18.6 Å². The molecule has 2 atom stereocenters. The topological polar surface area (TPSA) is 113 Å². The van der Waals surface area contributed by atoms with Crippen molar-refractivity contribution in [1.82, 2.24) is 23.9 Å². The number of fused-ring (bicyclic) bond motifs is 1. The third-order valence-electron chi connectivity index (χ3n) is 4.85. The van der Waals surface area contributed by atoms with Gasteiger partial charge in [-0.1, -0.05) is 0 Å². The Hall–Kier alpha value is -2.77. The van der Waals surface area contributed by atoms with Crippen molar-refractivity contribution in [2.75, 3.05) is 24.7 Å². The van der Waals surface area contributed by atoms with E-state index < -0.39 is 39.6 Å². The van der Waals surface area contributed by atoms with Gasteiger partial charge in [-0.05, 0) is 6.42 Å². The van der Waals surface area contributed by atoms with E-state index in [1.165, 1.54) is 10.5 Å². The Labute approximate surface area is 169 Å². The summed E-state index contributed by atoms with van der Waals surface area (Å²) in [6, 6.07) is 1.09. The van der Waals surface area contributed by atoms with Crippen LogP contribution in [-0.2, 0) is 10.0 Å². The molecule has 0 aliphatic carbocycles. The van der Waals surface area contributed by atoms with Crippen LogP contribution < -0.4 is 5.32 Å². The van der Waals surface area contributed by atoms with Gasteiger partial charge in [-0.15, -0.1) is 5.10 Å². The molecule has 0 radical (unpaired) electrons. The number of aromatic nitrogens is 4. The molecule has 1 fully saturated rings. The summed E-state index contributed by atoms with van der Waals surface area (Å²) < 4.78 is 67.1. The first kappa shape index (κ1) is 20.5. The Balaban J connectivity index is 1.64. The first-order chi connectivity index (χ1) is 14.1. The first-order valence-electron chi connectivity index (χ1n) is 8.89. The molecule has 3 aromatic heterocycles. The molecule has 1 saturated heterocycles. The van der Waals surface area contributed by atoms with Crippen LogP contribution in [0.15, 0.2) is 24.5 Å². The van der Waals surface area contributed by atoms with E-state index in [0.29, 0.717) is 6.07 Å². The lowest BCUT2D eigenvalue weighted by atomic mass is 10.0. The average Bonchev–Trinajstić information content (AvgIpc) is 2.98. The Morgan fingerprint density at radius 2 is 1.93 bits per heavy atom. The molecule has 0 aromatic carbocycles. The summed E-state index contributed by atoms with van der Waals surface area (Å²) in [7, 11) is -3.43. The van der Waals surface area contributed by atoms with E-state index in [2.05, 4.69) is 20.4 Å². The normalized spacial score (nSPS) is 20.6. The van der Waals surface area contributed by atoms with Crippen molar-refractivity contribution < 1.29 is 26.7 Å². The van der Waals surface area contributed by atoms with Crippen molar-refractivity contribution in [3.63, 3.8) is 0 Å². The molecule has 0 bridgehead atoms. The summed E-state index contributed by atoms with van der Waals surface area (Å²) in [5.74, 6) is -2.56. The fraction of sp³-hybridized carbons (Fsp3) is 0.353. The van der Waals surface area contributed by atoms with Gasteiger partial charge in [-0.2, -0.15) is 4.31 Å². The zero-order valence-electron chi connectivity index (χ0n) is 15.6. The molecule has 160 valence electrons. The molecule has 0 unspecified atom stereocenters. The monoisotopic (exact) mass is 442 g/mol. The van der Waals surface area contributed by atoms with Crippen LogP contribution in [0.5, 0.6) is 0 Å². The third kappa shape index (κ3) is 3.82. The van der Waals surface area contributed by atoms with Crippen molar-refractivity contribution in [2.24, 2.45) is 0 Å². The molecule has 2 N–H and O–H groups in total. The first-order valence-corrected chi connectivity index (χ1v) is 10.7. The number of nitrogens with one attached hydrogen (secondary N) is 1. The van der Waals surface area contributed by atoms with Gasteiger partial charge in [-0.3, -0.25) is 0 Å². The number of anilines is 1. The number of aliphatic hydroxyl groups excluding tert-OH is 1. The number of pyridine rings is 1. The maximum Gasteiger partial charge on any atom is 0.241 e. The highest BCUT2D eigenvalue weighted by Gasteiger charge is 2.32. The SMILES string of the molecule is CS(=O)(=O)N1CC[C@@H](Nc2ncc3c(F)cc(-c4ncc(F)cc4F)n3n2)[C@H](O)C1. The molecule has 13 heteroatoms. The number of sulfonamides is 1. The lowest BCUT2D eigenvalue weighted by Gasteiger charge is -2.34. The molecule has 1 aliphatic rings. The minimum absolute atomic E-state index is 0.0127. The van der Waals surface area contributed by atoms with E-state index in [-0.39, 0.29) is 42.4 Å². The van der Waals surface area contributed by atoms with Crippen molar-refractivity contribution >= 4 is 21.5 Å². The zero-order chi connectivity index (χ0) is 21.6. The molecule has 0 spiro atoms. The highest BCUT2D eigenvalue weighted by Crippen LogP contribution is 2.26. The summed E-state index contributed by atoms with van der Waals surface area (Å²) in [5, 5.41) is 17.3. The lowest BCUT2D eigenvalue weighted by Crippen LogP contribution is -2.51. The van der Waals surface area contributed by atoms with E-state index in [0.717, 1.165) is 23.0 Å². The van der Waals surface area contributed by atoms with Crippen molar-refractivity contribution in [3.8, 4) is 11.4 Å². The van der Waals surface area contributed by atoms with E-state index in [1.54, 1.807) is 0 Å². The van der Waals surface area contributed by atoms with Gasteiger partial charge in [-0.25, -0.2) is 36.1 Å². The molecule has 4 rings (SSSR count). The number of rotatable bonds is 4. The number of hydrogen-bond donors (Lipinski definition) is 2. The molecule has 3 aromatic rings. The molecular formula is C17H17F3N6O3S. The van der Waals surface area contributed by atoms with Crippen LogP contribution >= 0.6 is 0 Å². The maximum atomic E-state index is 14.3. The van der Waals surface area contributed by atoms with Gasteiger partial charge < -0.3 is 10.4 Å². The van der Waals surface area contributed by atoms with E-state index in [1.807, 2.05) is 0 Å². The lowest BCUT2D eigenvalue weighted by molar-refractivity contribution is 0.0950. The number of hydrogen-bond acceptors (Lipinski definition) is 7. The highest BCUT2D eigenvalue weighted by molar-refractivity contribution is 7.88. The summed E-state index contributed by atoms with van der Waals surface area (Å²) in [4.78, 5) is 7.69. The van der Waals surface area contributed by atoms with Crippen molar-refractivity contribution in [1.29, 1.82) is 0 Å². The van der Waals surface area contributed by atoms with Crippen LogP contribution in [0.25, 0.3) is 16.9 Å². The quantitative estimate of drug-likeness (QED) is 0.620. The van der Waals surface area contributed by atoms with Crippen LogP contribution in [0.1, 0.15) is 6.42 Å². The largest absolute Gasteiger partial charge is 0.390 e. The number of β-amino-alcohol motifs (C(OH)–C–C–N with tert-alkyl or cyclic N) is 1. The van der Waals surface area contributed by atoms with E-state index in [4.69, 9.17) is 0 Å². The van der Waals surface area contributed by atoms with Gasteiger partial charge in [0.15, 0.2) is 11.6 Å². The Morgan fingerprint density at radius 3 is 2.60 bits per heavy atom. The predicted octanol–water partition coefficient (Wildman–Crippen LogP) is 1.02. The minimum atomic E-state index is -3.43. The number of halogens is 3. The van der Waals surface area contributed by atoms with E-state index >= 15 is 0 Å². The highest BCUT2D eigenvalue weighted by atomic mass is 32.2. The van der Waals surface area contributed by atoms with Gasteiger partial charge in [0, 0.05) is 25.2 Å². The number of aliphatic hydroxyl groups is 1. The van der Waals surface area contributed by atoms with Crippen LogP contribution in [-0.4, -0.2) is 68.9 Å². The zero-order valence-corrected chi connectivity index (χ0v) is 16.4. The van der Waals surface area contributed by atoms with Gasteiger partial charge in [0.05, 0.1) is 36.5 Å². The van der Waals surface area contributed by atoms with Gasteiger partial charge in [0.1, 0.15) is 17.0 Å². The second-order valence-corrected chi connectivity index (χ2v) is 8.95.